The standard InChI is InChI=1S/C21H28N2O/c1-17-8-4-6-14-23(17)15-7-5-13-22-21(24)20-12-11-18-9-2-3-10-19(18)16-20/h2-3,9-12,16-17H,4-8,13-15H2,1H3,(H,22,24)/t17-/m0/s1. The molecule has 24 heavy (non-hydrogen) atoms. The molecule has 1 heterocycles. The number of nitrogens with zero attached hydrogens (tertiary/aromatic N) is 1. The molecule has 0 radical (unpaired) electrons. The van der Waals surface area contributed by atoms with E-state index in [9.17, 15) is 4.79 Å². The van der Waals surface area contributed by atoms with E-state index in [2.05, 4.69) is 23.2 Å². The minimum atomic E-state index is 0.0343. The van der Waals surface area contributed by atoms with Gasteiger partial charge in [0.2, 0.25) is 0 Å². The summed E-state index contributed by atoms with van der Waals surface area (Å²) in [5.74, 6) is 0.0343. The van der Waals surface area contributed by atoms with E-state index in [0.717, 1.165) is 42.9 Å². The Labute approximate surface area is 145 Å². The number of carbonyl (C=O) groups excluding carboxylic acids is 1. The summed E-state index contributed by atoms with van der Waals surface area (Å²) in [6.07, 6.45) is 6.24. The van der Waals surface area contributed by atoms with Gasteiger partial charge in [-0.1, -0.05) is 36.8 Å². The van der Waals surface area contributed by atoms with Crippen molar-refractivity contribution in [1.82, 2.24) is 10.2 Å². The van der Waals surface area contributed by atoms with Gasteiger partial charge in [-0.15, -0.1) is 0 Å². The minimum Gasteiger partial charge on any atom is -0.352 e. The number of carbonyl (C=O) groups is 1. The molecule has 3 rings (SSSR count). The summed E-state index contributed by atoms with van der Waals surface area (Å²) in [4.78, 5) is 14.9. The van der Waals surface area contributed by atoms with Gasteiger partial charge in [0.15, 0.2) is 0 Å². The third kappa shape index (κ3) is 4.35. The van der Waals surface area contributed by atoms with E-state index >= 15 is 0 Å². The minimum absolute atomic E-state index is 0.0343. The van der Waals surface area contributed by atoms with Crippen LogP contribution in [0.4, 0.5) is 0 Å². The second-order valence-corrected chi connectivity index (χ2v) is 6.91. The molecule has 1 amide bonds. The van der Waals surface area contributed by atoms with Gasteiger partial charge in [0.05, 0.1) is 0 Å². The molecule has 0 aromatic heterocycles. The van der Waals surface area contributed by atoms with Crippen molar-refractivity contribution < 1.29 is 4.79 Å². The molecule has 1 saturated heterocycles. The monoisotopic (exact) mass is 324 g/mol. The molecule has 0 unspecified atom stereocenters. The summed E-state index contributed by atoms with van der Waals surface area (Å²) in [5, 5.41) is 5.34. The van der Waals surface area contributed by atoms with Crippen LogP contribution in [0.1, 0.15) is 49.4 Å². The molecule has 0 bridgehead atoms. The van der Waals surface area contributed by atoms with Gasteiger partial charge in [0.1, 0.15) is 0 Å². The van der Waals surface area contributed by atoms with E-state index in [1.807, 2.05) is 36.4 Å². The largest absolute Gasteiger partial charge is 0.352 e. The normalized spacial score (nSPS) is 18.6. The number of hydrogen-bond acceptors (Lipinski definition) is 2. The first-order chi connectivity index (χ1) is 11.7. The van der Waals surface area contributed by atoms with Crippen molar-refractivity contribution in [3.63, 3.8) is 0 Å². The van der Waals surface area contributed by atoms with E-state index in [4.69, 9.17) is 0 Å². The van der Waals surface area contributed by atoms with Crippen LogP contribution in [0, 0.1) is 0 Å². The highest BCUT2D eigenvalue weighted by Crippen LogP contribution is 2.17. The van der Waals surface area contributed by atoms with E-state index in [1.165, 1.54) is 31.2 Å². The Bertz CT molecular complexity index is 682. The zero-order valence-electron chi connectivity index (χ0n) is 14.6. The second kappa shape index (κ2) is 8.29. The third-order valence-corrected chi connectivity index (χ3v) is 5.11. The van der Waals surface area contributed by atoms with Gasteiger partial charge < -0.3 is 10.2 Å². The first kappa shape index (κ1) is 17.0. The number of likely N-dealkylation sites (tertiary alicyclic amines) is 1. The summed E-state index contributed by atoms with van der Waals surface area (Å²) >= 11 is 0. The molecule has 0 aliphatic carbocycles. The number of hydrogen-bond donors (Lipinski definition) is 1. The van der Waals surface area contributed by atoms with Crippen molar-refractivity contribution in [2.45, 2.75) is 45.1 Å². The fourth-order valence-electron chi connectivity index (χ4n) is 3.56. The van der Waals surface area contributed by atoms with Gasteiger partial charge in [-0.2, -0.15) is 0 Å². The topological polar surface area (TPSA) is 32.3 Å². The van der Waals surface area contributed by atoms with Crippen LogP contribution in [0.2, 0.25) is 0 Å². The summed E-state index contributed by atoms with van der Waals surface area (Å²) in [6.45, 7) is 5.49. The number of rotatable bonds is 6. The van der Waals surface area contributed by atoms with Crippen molar-refractivity contribution in [2.75, 3.05) is 19.6 Å². The number of fused-ring (bicyclic) bond motifs is 1. The highest BCUT2D eigenvalue weighted by Gasteiger charge is 2.17. The molecule has 0 saturated carbocycles. The van der Waals surface area contributed by atoms with Crippen LogP contribution in [0.5, 0.6) is 0 Å². The molecular weight excluding hydrogens is 296 g/mol. The van der Waals surface area contributed by atoms with Gasteiger partial charge >= 0.3 is 0 Å². The van der Waals surface area contributed by atoms with E-state index in [1.54, 1.807) is 0 Å². The molecule has 3 heteroatoms. The SMILES string of the molecule is C[C@H]1CCCCN1CCCCNC(=O)c1ccc2ccccc2c1. The van der Waals surface area contributed by atoms with Crippen molar-refractivity contribution >= 4 is 16.7 Å². The van der Waals surface area contributed by atoms with Crippen LogP contribution in [-0.2, 0) is 0 Å². The van der Waals surface area contributed by atoms with Gasteiger partial charge in [-0.3, -0.25) is 4.79 Å². The molecule has 128 valence electrons. The molecule has 2 aromatic rings. The lowest BCUT2D eigenvalue weighted by atomic mass is 10.0. The number of unbranched alkanes of at least 4 members (excludes halogenated alkanes) is 1. The maximum Gasteiger partial charge on any atom is 0.251 e. The fourth-order valence-corrected chi connectivity index (χ4v) is 3.56. The van der Waals surface area contributed by atoms with Gasteiger partial charge in [0, 0.05) is 18.2 Å². The molecule has 1 fully saturated rings. The Morgan fingerprint density at radius 2 is 1.96 bits per heavy atom. The second-order valence-electron chi connectivity index (χ2n) is 6.91. The molecule has 0 spiro atoms. The number of amides is 1. The molecular formula is C21H28N2O. The Kier molecular flexibility index (Phi) is 5.86. The third-order valence-electron chi connectivity index (χ3n) is 5.11. The maximum absolute atomic E-state index is 12.3. The Balaban J connectivity index is 1.41. The quantitative estimate of drug-likeness (QED) is 0.807. The van der Waals surface area contributed by atoms with Crippen LogP contribution >= 0.6 is 0 Å². The van der Waals surface area contributed by atoms with Gasteiger partial charge in [-0.05, 0) is 68.6 Å². The summed E-state index contributed by atoms with van der Waals surface area (Å²) in [7, 11) is 0. The van der Waals surface area contributed by atoms with Crippen LogP contribution < -0.4 is 5.32 Å². The lowest BCUT2D eigenvalue weighted by molar-refractivity contribution is 0.0951. The van der Waals surface area contributed by atoms with Crippen molar-refractivity contribution in [3.8, 4) is 0 Å². The fraction of sp³-hybridized carbons (Fsp3) is 0.476. The summed E-state index contributed by atoms with van der Waals surface area (Å²) in [5.41, 5.74) is 0.748. The number of benzene rings is 2. The summed E-state index contributed by atoms with van der Waals surface area (Å²) in [6, 6.07) is 14.8. The lowest BCUT2D eigenvalue weighted by Gasteiger charge is -2.33. The average molecular weight is 324 g/mol. The van der Waals surface area contributed by atoms with Crippen LogP contribution in [0.25, 0.3) is 10.8 Å². The zero-order valence-corrected chi connectivity index (χ0v) is 14.6. The van der Waals surface area contributed by atoms with Crippen LogP contribution in [0.3, 0.4) is 0 Å². The van der Waals surface area contributed by atoms with E-state index in [0.29, 0.717) is 0 Å². The molecule has 1 aliphatic rings. The molecule has 1 N–H and O–H groups in total. The Hall–Kier alpha value is -1.87. The number of piperidine rings is 1. The predicted molar refractivity (Wildman–Crippen MR) is 100 cm³/mol. The molecule has 1 aliphatic heterocycles. The predicted octanol–water partition coefficient (Wildman–Crippen LogP) is 4.22. The van der Waals surface area contributed by atoms with Crippen LogP contribution in [-0.4, -0.2) is 36.5 Å². The first-order valence-corrected chi connectivity index (χ1v) is 9.25. The lowest BCUT2D eigenvalue weighted by Crippen LogP contribution is -2.38. The van der Waals surface area contributed by atoms with Crippen molar-refractivity contribution in [2.24, 2.45) is 0 Å². The van der Waals surface area contributed by atoms with E-state index in [-0.39, 0.29) is 5.91 Å². The molecule has 3 nitrogen and oxygen atoms in total. The molecule has 1 atom stereocenters. The number of nitrogens with one attached hydrogen (secondary N) is 1. The van der Waals surface area contributed by atoms with Gasteiger partial charge in [-0.25, -0.2) is 0 Å². The Morgan fingerprint density at radius 3 is 2.79 bits per heavy atom. The Morgan fingerprint density at radius 1 is 1.12 bits per heavy atom. The summed E-state index contributed by atoms with van der Waals surface area (Å²) < 4.78 is 0. The highest BCUT2D eigenvalue weighted by molar-refractivity contribution is 5.98. The van der Waals surface area contributed by atoms with Crippen LogP contribution in [0.15, 0.2) is 42.5 Å². The average Bonchev–Trinajstić information content (AvgIpc) is 2.62. The zero-order chi connectivity index (χ0) is 16.8. The molecule has 2 aromatic carbocycles. The van der Waals surface area contributed by atoms with Crippen molar-refractivity contribution in [3.05, 3.63) is 48.0 Å². The highest BCUT2D eigenvalue weighted by atomic mass is 16.1. The van der Waals surface area contributed by atoms with Crippen molar-refractivity contribution in [1.29, 1.82) is 0 Å². The van der Waals surface area contributed by atoms with E-state index < -0.39 is 0 Å². The maximum atomic E-state index is 12.3. The smallest absolute Gasteiger partial charge is 0.251 e. The first-order valence-electron chi connectivity index (χ1n) is 9.25. The van der Waals surface area contributed by atoms with Gasteiger partial charge in [0.25, 0.3) is 5.91 Å².